The van der Waals surface area contributed by atoms with Gasteiger partial charge in [-0.05, 0) is 77.4 Å². The summed E-state index contributed by atoms with van der Waals surface area (Å²) in [5.41, 5.74) is 13.3. The van der Waals surface area contributed by atoms with Gasteiger partial charge in [0, 0.05) is 57.1 Å². The number of hydrogen-bond acceptors (Lipinski definition) is 4. The van der Waals surface area contributed by atoms with Crippen LogP contribution in [0.25, 0.3) is 55.1 Å². The van der Waals surface area contributed by atoms with Crippen molar-refractivity contribution in [3.8, 4) is 22.3 Å². The summed E-state index contributed by atoms with van der Waals surface area (Å²) in [4.78, 5) is 9.38. The number of para-hydroxylation sites is 3. The maximum atomic E-state index is 6.75. The second kappa shape index (κ2) is 13.8. The van der Waals surface area contributed by atoms with Gasteiger partial charge < -0.3 is 14.2 Å². The molecule has 0 radical (unpaired) electrons. The van der Waals surface area contributed by atoms with Crippen LogP contribution in [0.3, 0.4) is 0 Å². The average Bonchev–Trinajstić information content (AvgIpc) is 3.61. The minimum absolute atomic E-state index is 0.801. The van der Waals surface area contributed by atoms with Gasteiger partial charge in [0.15, 0.2) is 0 Å². The van der Waals surface area contributed by atoms with Crippen LogP contribution in [-0.4, -0.2) is 4.98 Å². The summed E-state index contributed by atoms with van der Waals surface area (Å²) in [6.07, 6.45) is 1.83. The second-order valence-electron chi connectivity index (χ2n) is 13.6. The van der Waals surface area contributed by atoms with Crippen LogP contribution in [0.15, 0.2) is 217 Å². The van der Waals surface area contributed by atoms with Gasteiger partial charge in [0.1, 0.15) is 11.2 Å². The Balaban J connectivity index is 1.29. The Bertz CT molecular complexity index is 2910. The van der Waals surface area contributed by atoms with Crippen molar-refractivity contribution in [3.63, 3.8) is 0 Å². The van der Waals surface area contributed by atoms with Crippen molar-refractivity contribution in [2.24, 2.45) is 0 Å². The molecule has 0 spiro atoms. The number of furan rings is 1. The van der Waals surface area contributed by atoms with Gasteiger partial charge >= 0.3 is 0 Å². The van der Waals surface area contributed by atoms with E-state index in [4.69, 9.17) is 4.42 Å². The van der Waals surface area contributed by atoms with Gasteiger partial charge in [-0.3, -0.25) is 4.98 Å². The van der Waals surface area contributed by atoms with E-state index < -0.39 is 0 Å². The zero-order valence-corrected chi connectivity index (χ0v) is 30.0. The van der Waals surface area contributed by atoms with Crippen molar-refractivity contribution in [3.05, 3.63) is 212 Å². The van der Waals surface area contributed by atoms with Crippen LogP contribution in [-0.2, 0) is 0 Å². The Hall–Kier alpha value is -7.43. The van der Waals surface area contributed by atoms with Crippen LogP contribution in [0.2, 0.25) is 0 Å². The highest BCUT2D eigenvalue weighted by atomic mass is 16.3. The fraction of sp³-hybridized carbons (Fsp3) is 0. The fourth-order valence-corrected chi connectivity index (χ4v) is 7.68. The predicted molar refractivity (Wildman–Crippen MR) is 229 cm³/mol. The van der Waals surface area contributed by atoms with Crippen molar-refractivity contribution in [1.82, 2.24) is 4.98 Å². The predicted octanol–water partition coefficient (Wildman–Crippen LogP) is 14.4. The Morgan fingerprint density at radius 3 is 1.60 bits per heavy atom. The number of fused-ring (bicyclic) bond motifs is 4. The molecule has 8 aromatic carbocycles. The number of benzene rings is 8. The maximum Gasteiger partial charge on any atom is 0.137 e. The van der Waals surface area contributed by atoms with E-state index in [2.05, 4.69) is 215 Å². The largest absolute Gasteiger partial charge is 0.456 e. The normalized spacial score (nSPS) is 11.3. The van der Waals surface area contributed by atoms with Crippen molar-refractivity contribution >= 4 is 67.0 Å². The molecule has 4 heteroatoms. The third-order valence-corrected chi connectivity index (χ3v) is 10.3. The Labute approximate surface area is 319 Å². The molecule has 0 amide bonds. The third-order valence-electron chi connectivity index (χ3n) is 10.3. The Kier molecular flexibility index (Phi) is 8.12. The quantitative estimate of drug-likeness (QED) is 0.158. The van der Waals surface area contributed by atoms with E-state index >= 15 is 0 Å². The van der Waals surface area contributed by atoms with Gasteiger partial charge in [-0.1, -0.05) is 133 Å². The minimum Gasteiger partial charge on any atom is -0.456 e. The maximum absolute atomic E-state index is 6.75. The van der Waals surface area contributed by atoms with Crippen molar-refractivity contribution in [2.75, 3.05) is 9.80 Å². The molecule has 2 aromatic heterocycles. The first-order chi connectivity index (χ1) is 27.3. The lowest BCUT2D eigenvalue weighted by atomic mass is 10.0. The molecule has 0 aliphatic carbocycles. The zero-order valence-electron chi connectivity index (χ0n) is 30.0. The van der Waals surface area contributed by atoms with Gasteiger partial charge in [-0.25, -0.2) is 0 Å². The van der Waals surface area contributed by atoms with Gasteiger partial charge in [0.2, 0.25) is 0 Å². The number of nitrogens with zero attached hydrogens (tertiary/aromatic N) is 3. The Morgan fingerprint density at radius 2 is 0.891 bits per heavy atom. The molecule has 10 aromatic rings. The summed E-state index contributed by atoms with van der Waals surface area (Å²) >= 11 is 0. The number of hydrogen-bond donors (Lipinski definition) is 0. The standard InChI is InChI=1S/C51H35N3O/c1-5-16-36(17-6-1)37-27-29-42(30-28-37)53(40-21-9-3-10-22-40)49-35-51-45(44-32-39-20-15-31-52-46(39)34-50(44)55-51)33-48(49)54(41-23-11-4-12-24-41)47-26-14-13-25-43(47)38-18-7-2-8-19-38/h1-35H. The number of anilines is 6. The highest BCUT2D eigenvalue weighted by molar-refractivity contribution is 6.13. The van der Waals surface area contributed by atoms with Crippen LogP contribution >= 0.6 is 0 Å². The van der Waals surface area contributed by atoms with E-state index in [9.17, 15) is 0 Å². The van der Waals surface area contributed by atoms with E-state index in [1.807, 2.05) is 12.3 Å². The van der Waals surface area contributed by atoms with Crippen LogP contribution in [0, 0.1) is 0 Å². The lowest BCUT2D eigenvalue weighted by molar-refractivity contribution is 0.669. The highest BCUT2D eigenvalue weighted by Gasteiger charge is 2.26. The van der Waals surface area contributed by atoms with Crippen LogP contribution in [0.5, 0.6) is 0 Å². The molecule has 0 N–H and O–H groups in total. The molecule has 4 nitrogen and oxygen atoms in total. The highest BCUT2D eigenvalue weighted by Crippen LogP contribution is 2.50. The summed E-state index contributed by atoms with van der Waals surface area (Å²) in [7, 11) is 0. The molecule has 0 saturated heterocycles. The molecule has 0 aliphatic heterocycles. The number of aromatic nitrogens is 1. The molecule has 0 saturated carbocycles. The molecule has 0 bridgehead atoms. The zero-order chi connectivity index (χ0) is 36.6. The van der Waals surface area contributed by atoms with E-state index in [1.165, 1.54) is 5.56 Å². The van der Waals surface area contributed by atoms with E-state index in [0.717, 1.165) is 83.7 Å². The number of pyridine rings is 1. The lowest BCUT2D eigenvalue weighted by Crippen LogP contribution is -2.17. The first kappa shape index (κ1) is 32.2. The molecular formula is C51H35N3O. The molecule has 0 fully saturated rings. The van der Waals surface area contributed by atoms with E-state index in [0.29, 0.717) is 0 Å². The second-order valence-corrected chi connectivity index (χ2v) is 13.6. The van der Waals surface area contributed by atoms with Crippen LogP contribution in [0.1, 0.15) is 0 Å². The molecule has 0 atom stereocenters. The molecule has 2 heterocycles. The van der Waals surface area contributed by atoms with Crippen molar-refractivity contribution in [2.45, 2.75) is 0 Å². The van der Waals surface area contributed by atoms with Gasteiger partial charge in [-0.15, -0.1) is 0 Å². The summed E-state index contributed by atoms with van der Waals surface area (Å²) in [5, 5.41) is 3.15. The van der Waals surface area contributed by atoms with Crippen molar-refractivity contribution in [1.29, 1.82) is 0 Å². The summed E-state index contributed by atoms with van der Waals surface area (Å²) in [5.74, 6) is 0. The van der Waals surface area contributed by atoms with Crippen LogP contribution < -0.4 is 9.80 Å². The van der Waals surface area contributed by atoms with Gasteiger partial charge in [-0.2, -0.15) is 0 Å². The lowest BCUT2D eigenvalue weighted by Gasteiger charge is -2.34. The van der Waals surface area contributed by atoms with Crippen molar-refractivity contribution < 1.29 is 4.42 Å². The average molecular weight is 706 g/mol. The molecular weight excluding hydrogens is 671 g/mol. The first-order valence-electron chi connectivity index (χ1n) is 18.5. The summed E-state index contributed by atoms with van der Waals surface area (Å²) in [6.45, 7) is 0. The SMILES string of the molecule is c1ccc(-c2ccc(N(c3ccccc3)c3cc4oc5cc6ncccc6cc5c4cc3N(c3ccccc3)c3ccccc3-c3ccccc3)cc2)cc1. The molecule has 0 unspecified atom stereocenters. The minimum atomic E-state index is 0.801. The van der Waals surface area contributed by atoms with Gasteiger partial charge in [0.25, 0.3) is 0 Å². The summed E-state index contributed by atoms with van der Waals surface area (Å²) in [6, 6.07) is 72.8. The third kappa shape index (κ3) is 5.96. The van der Waals surface area contributed by atoms with Crippen LogP contribution in [0.4, 0.5) is 34.1 Å². The van der Waals surface area contributed by atoms with E-state index in [-0.39, 0.29) is 0 Å². The first-order valence-corrected chi connectivity index (χ1v) is 18.5. The summed E-state index contributed by atoms with van der Waals surface area (Å²) < 4.78 is 6.75. The molecule has 0 aliphatic rings. The smallest absolute Gasteiger partial charge is 0.137 e. The Morgan fingerprint density at radius 1 is 0.364 bits per heavy atom. The van der Waals surface area contributed by atoms with E-state index in [1.54, 1.807) is 0 Å². The fourth-order valence-electron chi connectivity index (χ4n) is 7.68. The molecule has 260 valence electrons. The molecule has 10 rings (SSSR count). The molecule has 55 heavy (non-hydrogen) atoms. The van der Waals surface area contributed by atoms with Gasteiger partial charge in [0.05, 0.1) is 22.6 Å². The number of rotatable bonds is 8. The monoisotopic (exact) mass is 705 g/mol. The topological polar surface area (TPSA) is 32.5 Å².